The number of benzene rings is 1. The summed E-state index contributed by atoms with van der Waals surface area (Å²) in [6, 6.07) is 4.67. The molecule has 19 heavy (non-hydrogen) atoms. The van der Waals surface area contributed by atoms with Crippen LogP contribution in [0.3, 0.4) is 0 Å². The van der Waals surface area contributed by atoms with E-state index in [-0.39, 0.29) is 11.9 Å². The van der Waals surface area contributed by atoms with Gasteiger partial charge in [0, 0.05) is 12.6 Å². The number of nitrogens with one attached hydrogen (secondary N) is 1. The van der Waals surface area contributed by atoms with Crippen LogP contribution < -0.4 is 17.0 Å². The molecule has 0 saturated carbocycles. The lowest BCUT2D eigenvalue weighted by atomic mass is 10.0. The topological polar surface area (TPSA) is 81.9 Å². The van der Waals surface area contributed by atoms with Crippen molar-refractivity contribution in [2.24, 2.45) is 12.9 Å². The Labute approximate surface area is 118 Å². The second kappa shape index (κ2) is 5.68. The van der Waals surface area contributed by atoms with Gasteiger partial charge in [0.25, 0.3) is 0 Å². The predicted molar refractivity (Wildman–Crippen MR) is 75.5 cm³/mol. The van der Waals surface area contributed by atoms with E-state index in [0.717, 1.165) is 11.1 Å². The summed E-state index contributed by atoms with van der Waals surface area (Å²) in [5, 5.41) is 4.08. The van der Waals surface area contributed by atoms with Gasteiger partial charge in [-0.2, -0.15) is 5.10 Å². The lowest BCUT2D eigenvalue weighted by Gasteiger charge is -2.16. The summed E-state index contributed by atoms with van der Waals surface area (Å²) in [5.74, 6) is 5.81. The Kier molecular flexibility index (Phi) is 4.18. The van der Waals surface area contributed by atoms with E-state index in [1.807, 2.05) is 6.07 Å². The third kappa shape index (κ3) is 2.78. The van der Waals surface area contributed by atoms with Crippen molar-refractivity contribution in [1.29, 1.82) is 0 Å². The number of nitrogens with zero attached hydrogens (tertiary/aromatic N) is 2. The summed E-state index contributed by atoms with van der Waals surface area (Å²) in [6.07, 6.45) is 2.16. The fourth-order valence-corrected chi connectivity index (χ4v) is 2.34. The van der Waals surface area contributed by atoms with E-state index < -0.39 is 0 Å². The van der Waals surface area contributed by atoms with Crippen molar-refractivity contribution < 1.29 is 4.39 Å². The van der Waals surface area contributed by atoms with Gasteiger partial charge in [0.1, 0.15) is 11.6 Å². The summed E-state index contributed by atoms with van der Waals surface area (Å²) >= 11 is 3.24. The molecule has 1 unspecified atom stereocenters. The minimum absolute atomic E-state index is 0.230. The fraction of sp³-hybridized carbons (Fsp3) is 0.250. The molecule has 0 aliphatic heterocycles. The minimum Gasteiger partial charge on any atom is -0.384 e. The number of nitrogens with two attached hydrogens (primary N) is 2. The van der Waals surface area contributed by atoms with Crippen LogP contribution in [0.5, 0.6) is 0 Å². The van der Waals surface area contributed by atoms with Gasteiger partial charge in [0.2, 0.25) is 0 Å². The first-order valence-corrected chi connectivity index (χ1v) is 6.50. The Morgan fingerprint density at radius 2 is 2.26 bits per heavy atom. The van der Waals surface area contributed by atoms with Gasteiger partial charge in [-0.15, -0.1) is 0 Å². The molecule has 2 rings (SSSR count). The third-order valence-electron chi connectivity index (χ3n) is 3.05. The Morgan fingerprint density at radius 3 is 2.84 bits per heavy atom. The second-order valence-electron chi connectivity index (χ2n) is 4.25. The van der Waals surface area contributed by atoms with Crippen molar-refractivity contribution >= 4 is 21.7 Å². The normalized spacial score (nSPS) is 12.6. The van der Waals surface area contributed by atoms with Crippen molar-refractivity contribution in [3.8, 4) is 0 Å². The number of hydrogen-bond acceptors (Lipinski definition) is 4. The lowest BCUT2D eigenvalue weighted by molar-refractivity contribution is 0.547. The second-order valence-corrected chi connectivity index (χ2v) is 5.04. The molecule has 5 N–H and O–H groups in total. The number of hydrazine groups is 1. The highest BCUT2D eigenvalue weighted by Gasteiger charge is 2.18. The monoisotopic (exact) mass is 327 g/mol. The average Bonchev–Trinajstić information content (AvgIpc) is 2.72. The minimum atomic E-state index is -0.299. The summed E-state index contributed by atoms with van der Waals surface area (Å²) in [6.45, 7) is 0. The van der Waals surface area contributed by atoms with Gasteiger partial charge in [-0.1, -0.05) is 12.1 Å². The quantitative estimate of drug-likeness (QED) is 0.589. The van der Waals surface area contributed by atoms with Crippen molar-refractivity contribution in [3.05, 3.63) is 45.8 Å². The zero-order valence-electron chi connectivity index (χ0n) is 10.4. The summed E-state index contributed by atoms with van der Waals surface area (Å²) in [4.78, 5) is 0. The molecular weight excluding hydrogens is 313 g/mol. The van der Waals surface area contributed by atoms with Gasteiger partial charge in [-0.05, 0) is 34.0 Å². The summed E-state index contributed by atoms with van der Waals surface area (Å²) < 4.78 is 15.5. The van der Waals surface area contributed by atoms with E-state index in [0.29, 0.717) is 16.7 Å². The number of anilines is 1. The van der Waals surface area contributed by atoms with Crippen LogP contribution in [-0.2, 0) is 13.5 Å². The molecule has 0 aliphatic carbocycles. The number of aromatic nitrogens is 2. The number of hydrogen-bond donors (Lipinski definition) is 3. The standard InChI is InChI=1S/C12H15BrFN5/c1-19-12(15)8(6-17-19)10(18-16)5-7-3-2-4-9(14)11(7)13/h2-4,6,10,18H,5,15-16H2,1H3. The van der Waals surface area contributed by atoms with E-state index >= 15 is 0 Å². The maximum absolute atomic E-state index is 13.5. The number of rotatable bonds is 4. The van der Waals surface area contributed by atoms with E-state index in [1.165, 1.54) is 6.07 Å². The third-order valence-corrected chi connectivity index (χ3v) is 3.93. The molecule has 2 aromatic rings. The highest BCUT2D eigenvalue weighted by Crippen LogP contribution is 2.27. The largest absolute Gasteiger partial charge is 0.384 e. The van der Waals surface area contributed by atoms with Crippen LogP contribution in [-0.4, -0.2) is 9.78 Å². The maximum Gasteiger partial charge on any atom is 0.137 e. The van der Waals surface area contributed by atoms with Gasteiger partial charge < -0.3 is 5.73 Å². The molecule has 0 bridgehead atoms. The van der Waals surface area contributed by atoms with Gasteiger partial charge in [0.15, 0.2) is 0 Å². The Morgan fingerprint density at radius 1 is 1.53 bits per heavy atom. The van der Waals surface area contributed by atoms with Crippen LogP contribution in [0.2, 0.25) is 0 Å². The highest BCUT2D eigenvalue weighted by molar-refractivity contribution is 9.10. The summed E-state index contributed by atoms with van der Waals surface area (Å²) in [7, 11) is 1.75. The maximum atomic E-state index is 13.5. The molecule has 0 saturated heterocycles. The molecule has 0 aliphatic rings. The van der Waals surface area contributed by atoms with Crippen LogP contribution in [0.4, 0.5) is 10.2 Å². The Hall–Kier alpha value is -1.44. The molecular formula is C12H15BrFN5. The van der Waals surface area contributed by atoms with E-state index in [2.05, 4.69) is 26.5 Å². The van der Waals surface area contributed by atoms with Gasteiger partial charge in [-0.3, -0.25) is 16.0 Å². The van der Waals surface area contributed by atoms with Crippen molar-refractivity contribution in [1.82, 2.24) is 15.2 Å². The number of aryl methyl sites for hydroxylation is 1. The van der Waals surface area contributed by atoms with Gasteiger partial charge >= 0.3 is 0 Å². The van der Waals surface area contributed by atoms with Crippen LogP contribution in [0, 0.1) is 5.82 Å². The fourth-order valence-electron chi connectivity index (χ4n) is 1.92. The average molecular weight is 328 g/mol. The molecule has 102 valence electrons. The van der Waals surface area contributed by atoms with Crippen molar-refractivity contribution in [3.63, 3.8) is 0 Å². The number of halogens is 2. The Balaban J connectivity index is 2.29. The SMILES string of the molecule is Cn1ncc(C(Cc2cccc(F)c2Br)NN)c1N. The smallest absolute Gasteiger partial charge is 0.137 e. The van der Waals surface area contributed by atoms with E-state index in [4.69, 9.17) is 11.6 Å². The molecule has 1 atom stereocenters. The van der Waals surface area contributed by atoms with Crippen LogP contribution in [0.25, 0.3) is 0 Å². The predicted octanol–water partition coefficient (Wildman–Crippen LogP) is 1.65. The van der Waals surface area contributed by atoms with Gasteiger partial charge in [0.05, 0.1) is 16.7 Å². The molecule has 0 spiro atoms. The molecule has 1 heterocycles. The van der Waals surface area contributed by atoms with Crippen LogP contribution in [0.1, 0.15) is 17.2 Å². The lowest BCUT2D eigenvalue weighted by Crippen LogP contribution is -2.30. The Bertz CT molecular complexity index is 583. The van der Waals surface area contributed by atoms with Crippen molar-refractivity contribution in [2.75, 3.05) is 5.73 Å². The molecule has 0 radical (unpaired) electrons. The molecule has 0 amide bonds. The highest BCUT2D eigenvalue weighted by atomic mass is 79.9. The first-order chi connectivity index (χ1) is 9.04. The zero-order valence-corrected chi connectivity index (χ0v) is 12.0. The first-order valence-electron chi connectivity index (χ1n) is 5.71. The zero-order chi connectivity index (χ0) is 14.0. The van der Waals surface area contributed by atoms with Gasteiger partial charge in [-0.25, -0.2) is 4.39 Å². The number of nitrogen functional groups attached to an aromatic ring is 1. The van der Waals surface area contributed by atoms with Crippen molar-refractivity contribution in [2.45, 2.75) is 12.5 Å². The van der Waals surface area contributed by atoms with E-state index in [9.17, 15) is 4.39 Å². The van der Waals surface area contributed by atoms with Crippen LogP contribution >= 0.6 is 15.9 Å². The van der Waals surface area contributed by atoms with E-state index in [1.54, 1.807) is 24.0 Å². The summed E-state index contributed by atoms with van der Waals surface area (Å²) in [5.41, 5.74) is 10.2. The molecule has 5 nitrogen and oxygen atoms in total. The molecule has 0 fully saturated rings. The molecule has 1 aromatic heterocycles. The van der Waals surface area contributed by atoms with Crippen LogP contribution in [0.15, 0.2) is 28.9 Å². The first kappa shape index (κ1) is 14.0. The molecule has 7 heteroatoms. The molecule has 1 aromatic carbocycles.